The number of H-pyrrole nitrogens is 1. The van der Waals surface area contributed by atoms with Crippen LogP contribution in [0, 0.1) is 5.92 Å². The molecule has 0 bridgehead atoms. The van der Waals surface area contributed by atoms with Crippen LogP contribution in [-0.2, 0) is 6.54 Å². The summed E-state index contributed by atoms with van der Waals surface area (Å²) < 4.78 is 0. The van der Waals surface area contributed by atoms with Gasteiger partial charge in [-0.1, -0.05) is 53.5 Å². The Morgan fingerprint density at radius 1 is 1.09 bits per heavy atom. The molecule has 0 unspecified atom stereocenters. The lowest BCUT2D eigenvalue weighted by Gasteiger charge is -2.31. The summed E-state index contributed by atoms with van der Waals surface area (Å²) >= 11 is 12.2. The van der Waals surface area contributed by atoms with Gasteiger partial charge < -0.3 is 10.2 Å². The van der Waals surface area contributed by atoms with Crippen LogP contribution < -0.4 is 5.32 Å². The molecular formula is C25H28Cl2N4O. The molecule has 7 heteroatoms. The van der Waals surface area contributed by atoms with E-state index in [1.807, 2.05) is 18.2 Å². The van der Waals surface area contributed by atoms with Gasteiger partial charge in [0.2, 0.25) is 0 Å². The van der Waals surface area contributed by atoms with Crippen LogP contribution in [0.1, 0.15) is 41.7 Å². The number of hydrogen-bond acceptors (Lipinski definition) is 3. The van der Waals surface area contributed by atoms with E-state index in [9.17, 15) is 4.79 Å². The molecule has 1 heterocycles. The first-order valence-electron chi connectivity index (χ1n) is 11.0. The molecule has 0 atom stereocenters. The maximum atomic E-state index is 12.6. The molecule has 0 saturated heterocycles. The molecule has 1 aliphatic carbocycles. The lowest BCUT2D eigenvalue weighted by Crippen LogP contribution is -2.39. The van der Waals surface area contributed by atoms with E-state index < -0.39 is 0 Å². The Bertz CT molecular complexity index is 1050. The molecule has 168 valence electrons. The molecule has 1 fully saturated rings. The fraction of sp³-hybridized carbons (Fsp3) is 0.360. The predicted molar refractivity (Wildman–Crippen MR) is 130 cm³/mol. The maximum absolute atomic E-state index is 12.6. The highest BCUT2D eigenvalue weighted by Crippen LogP contribution is 2.27. The van der Waals surface area contributed by atoms with Gasteiger partial charge in [-0.05, 0) is 62.9 Å². The van der Waals surface area contributed by atoms with Crippen LogP contribution in [0.3, 0.4) is 0 Å². The maximum Gasteiger partial charge on any atom is 0.253 e. The smallest absolute Gasteiger partial charge is 0.253 e. The quantitative estimate of drug-likeness (QED) is 0.458. The third kappa shape index (κ3) is 5.91. The number of nitrogens with zero attached hydrogens (tertiary/aromatic N) is 2. The second-order valence-corrected chi connectivity index (χ2v) is 9.50. The third-order valence-corrected chi connectivity index (χ3v) is 6.63. The fourth-order valence-electron chi connectivity index (χ4n) is 4.42. The number of halogens is 2. The van der Waals surface area contributed by atoms with Crippen LogP contribution in [-0.4, -0.2) is 40.6 Å². The first-order valence-corrected chi connectivity index (χ1v) is 11.8. The van der Waals surface area contributed by atoms with Gasteiger partial charge in [-0.3, -0.25) is 9.89 Å². The molecule has 0 radical (unpaired) electrons. The van der Waals surface area contributed by atoms with Gasteiger partial charge in [-0.25, -0.2) is 0 Å². The SMILES string of the molecule is CN(Cc1cc(-c2ccccc2)n[nH]1)CC1CCC(NC(=O)c2cc(Cl)ccc2Cl)CC1. The van der Waals surface area contributed by atoms with Gasteiger partial charge in [0.05, 0.1) is 16.3 Å². The fourth-order valence-corrected chi connectivity index (χ4v) is 4.80. The molecular weight excluding hydrogens is 443 g/mol. The van der Waals surface area contributed by atoms with Gasteiger partial charge in [0.15, 0.2) is 0 Å². The van der Waals surface area contributed by atoms with Crippen LogP contribution in [0.2, 0.25) is 10.0 Å². The minimum absolute atomic E-state index is 0.147. The Balaban J connectivity index is 1.23. The van der Waals surface area contributed by atoms with Crippen LogP contribution >= 0.6 is 23.2 Å². The van der Waals surface area contributed by atoms with E-state index >= 15 is 0 Å². The molecule has 2 aromatic carbocycles. The van der Waals surface area contributed by atoms with Gasteiger partial charge in [0.1, 0.15) is 0 Å². The van der Waals surface area contributed by atoms with E-state index in [0.717, 1.165) is 55.7 Å². The number of nitrogens with one attached hydrogen (secondary N) is 2. The van der Waals surface area contributed by atoms with Crippen molar-refractivity contribution in [2.45, 2.75) is 38.3 Å². The minimum atomic E-state index is -0.147. The summed E-state index contributed by atoms with van der Waals surface area (Å²) in [5.41, 5.74) is 3.66. The van der Waals surface area contributed by atoms with Crippen molar-refractivity contribution in [2.75, 3.05) is 13.6 Å². The molecule has 1 amide bonds. The van der Waals surface area contributed by atoms with Crippen LogP contribution in [0.5, 0.6) is 0 Å². The molecule has 32 heavy (non-hydrogen) atoms. The number of rotatable bonds is 7. The normalized spacial score (nSPS) is 18.6. The Kier molecular flexibility index (Phi) is 7.51. The number of aromatic nitrogens is 2. The average molecular weight is 471 g/mol. The zero-order valence-electron chi connectivity index (χ0n) is 18.2. The average Bonchev–Trinajstić information content (AvgIpc) is 3.25. The van der Waals surface area contributed by atoms with Gasteiger partial charge in [0.25, 0.3) is 5.91 Å². The van der Waals surface area contributed by atoms with Crippen molar-refractivity contribution in [1.29, 1.82) is 0 Å². The standard InChI is InChI=1S/C25H28Cl2N4O/c1-31(16-21-14-24(30-29-21)18-5-3-2-4-6-18)15-17-7-10-20(11-8-17)28-25(32)22-13-19(26)9-12-23(22)27/h2-6,9,12-14,17,20H,7-8,10-11,15-16H2,1H3,(H,28,32)(H,29,30). The van der Waals surface area contributed by atoms with Crippen molar-refractivity contribution in [3.63, 3.8) is 0 Å². The lowest BCUT2D eigenvalue weighted by molar-refractivity contribution is 0.0918. The highest BCUT2D eigenvalue weighted by atomic mass is 35.5. The monoisotopic (exact) mass is 470 g/mol. The van der Waals surface area contributed by atoms with Crippen LogP contribution in [0.4, 0.5) is 0 Å². The molecule has 1 aromatic heterocycles. The highest BCUT2D eigenvalue weighted by molar-refractivity contribution is 6.35. The molecule has 1 aliphatic rings. The largest absolute Gasteiger partial charge is 0.349 e. The molecule has 2 N–H and O–H groups in total. The molecule has 0 aliphatic heterocycles. The van der Waals surface area contributed by atoms with Gasteiger partial charge in [0, 0.05) is 35.4 Å². The summed E-state index contributed by atoms with van der Waals surface area (Å²) in [6, 6.07) is 17.5. The van der Waals surface area contributed by atoms with Gasteiger partial charge in [-0.2, -0.15) is 5.10 Å². The van der Waals surface area contributed by atoms with Crippen molar-refractivity contribution in [1.82, 2.24) is 20.4 Å². The van der Waals surface area contributed by atoms with E-state index in [1.165, 1.54) is 0 Å². The Labute approximate surface area is 199 Å². The molecule has 4 rings (SSSR count). The minimum Gasteiger partial charge on any atom is -0.349 e. The summed E-state index contributed by atoms with van der Waals surface area (Å²) in [5.74, 6) is 0.478. The van der Waals surface area contributed by atoms with E-state index in [1.54, 1.807) is 18.2 Å². The number of aromatic amines is 1. The summed E-state index contributed by atoms with van der Waals surface area (Å²) in [6.07, 6.45) is 4.14. The number of hydrogen-bond donors (Lipinski definition) is 2. The number of amides is 1. The number of carbonyl (C=O) groups is 1. The third-order valence-electron chi connectivity index (χ3n) is 6.07. The second-order valence-electron chi connectivity index (χ2n) is 8.66. The van der Waals surface area contributed by atoms with Gasteiger partial charge >= 0.3 is 0 Å². The van der Waals surface area contributed by atoms with Crippen molar-refractivity contribution in [3.8, 4) is 11.3 Å². The molecule has 0 spiro atoms. The Hall–Kier alpha value is -2.34. The number of benzene rings is 2. The lowest BCUT2D eigenvalue weighted by atomic mass is 9.85. The Morgan fingerprint density at radius 3 is 2.59 bits per heavy atom. The van der Waals surface area contributed by atoms with E-state index in [0.29, 0.717) is 21.5 Å². The van der Waals surface area contributed by atoms with E-state index in [-0.39, 0.29) is 11.9 Å². The number of carbonyl (C=O) groups excluding carboxylic acids is 1. The van der Waals surface area contributed by atoms with Crippen LogP contribution in [0.15, 0.2) is 54.6 Å². The van der Waals surface area contributed by atoms with Crippen molar-refractivity contribution in [2.24, 2.45) is 5.92 Å². The highest BCUT2D eigenvalue weighted by Gasteiger charge is 2.24. The van der Waals surface area contributed by atoms with E-state index in [4.69, 9.17) is 23.2 Å². The Morgan fingerprint density at radius 2 is 1.84 bits per heavy atom. The van der Waals surface area contributed by atoms with Gasteiger partial charge in [-0.15, -0.1) is 0 Å². The zero-order valence-corrected chi connectivity index (χ0v) is 19.7. The predicted octanol–water partition coefficient (Wildman–Crippen LogP) is 5.80. The van der Waals surface area contributed by atoms with Crippen molar-refractivity contribution in [3.05, 3.63) is 75.9 Å². The molecule has 5 nitrogen and oxygen atoms in total. The summed E-state index contributed by atoms with van der Waals surface area (Å²) in [5, 5.41) is 11.7. The molecule has 3 aromatic rings. The zero-order chi connectivity index (χ0) is 22.5. The van der Waals surface area contributed by atoms with Crippen molar-refractivity contribution < 1.29 is 4.79 Å². The topological polar surface area (TPSA) is 61.0 Å². The van der Waals surface area contributed by atoms with E-state index in [2.05, 4.69) is 45.7 Å². The summed E-state index contributed by atoms with van der Waals surface area (Å²) in [6.45, 7) is 1.87. The molecule has 1 saturated carbocycles. The summed E-state index contributed by atoms with van der Waals surface area (Å²) in [4.78, 5) is 14.9. The first-order chi connectivity index (χ1) is 15.5. The second kappa shape index (κ2) is 10.5. The first kappa shape index (κ1) is 22.8. The van der Waals surface area contributed by atoms with Crippen molar-refractivity contribution >= 4 is 29.1 Å². The summed E-state index contributed by atoms with van der Waals surface area (Å²) in [7, 11) is 2.15. The van der Waals surface area contributed by atoms with Crippen LogP contribution in [0.25, 0.3) is 11.3 Å².